The Morgan fingerprint density at radius 2 is 2.21 bits per heavy atom. The summed E-state index contributed by atoms with van der Waals surface area (Å²) in [5, 5.41) is 3.22. The van der Waals surface area contributed by atoms with Gasteiger partial charge < -0.3 is 5.32 Å². The molecule has 0 aliphatic heterocycles. The van der Waals surface area contributed by atoms with Crippen LogP contribution in [-0.2, 0) is 0 Å². The van der Waals surface area contributed by atoms with E-state index in [0.717, 1.165) is 10.2 Å². The van der Waals surface area contributed by atoms with E-state index < -0.39 is 0 Å². The maximum atomic E-state index is 4.00. The first-order valence-electron chi connectivity index (χ1n) is 4.74. The molecule has 0 saturated heterocycles. The lowest BCUT2D eigenvalue weighted by Crippen LogP contribution is -2.07. The smallest absolute Gasteiger partial charge is 0.0670 e. The van der Waals surface area contributed by atoms with Gasteiger partial charge in [-0.05, 0) is 23.1 Å². The number of alkyl halides is 1. The summed E-state index contributed by atoms with van der Waals surface area (Å²) in [6.07, 6.45) is 0. The first kappa shape index (κ1) is 11.6. The standard InChI is InChI=1S/C12H16IN/c1-9(2)11-5-4-6-12(7-11)10(3)14-8-13/h4-7,9,14H,3,8H2,1-2H3. The first-order valence-corrected chi connectivity index (χ1v) is 6.26. The van der Waals surface area contributed by atoms with E-state index in [9.17, 15) is 0 Å². The average Bonchev–Trinajstić information content (AvgIpc) is 2.18. The highest BCUT2D eigenvalue weighted by Gasteiger charge is 2.01. The summed E-state index contributed by atoms with van der Waals surface area (Å²) in [6, 6.07) is 8.54. The molecule has 0 amide bonds. The third-order valence-electron chi connectivity index (χ3n) is 2.18. The Morgan fingerprint density at radius 1 is 1.50 bits per heavy atom. The molecular formula is C12H16IN. The summed E-state index contributed by atoms with van der Waals surface area (Å²) < 4.78 is 0.891. The van der Waals surface area contributed by atoms with Crippen molar-refractivity contribution in [3.63, 3.8) is 0 Å². The second-order valence-electron chi connectivity index (χ2n) is 3.57. The Morgan fingerprint density at radius 3 is 2.79 bits per heavy atom. The zero-order valence-electron chi connectivity index (χ0n) is 8.68. The van der Waals surface area contributed by atoms with E-state index >= 15 is 0 Å². The zero-order chi connectivity index (χ0) is 10.6. The Balaban J connectivity index is 2.88. The van der Waals surface area contributed by atoms with Gasteiger partial charge in [0.05, 0.1) is 4.55 Å². The quantitative estimate of drug-likeness (QED) is 0.507. The van der Waals surface area contributed by atoms with E-state index in [2.05, 4.69) is 72.6 Å². The molecule has 1 aromatic carbocycles. The van der Waals surface area contributed by atoms with Gasteiger partial charge in [-0.25, -0.2) is 0 Å². The maximum Gasteiger partial charge on any atom is 0.0670 e. The third kappa shape index (κ3) is 3.01. The van der Waals surface area contributed by atoms with Crippen LogP contribution in [0, 0.1) is 0 Å². The van der Waals surface area contributed by atoms with Crippen molar-refractivity contribution in [1.29, 1.82) is 0 Å². The van der Waals surface area contributed by atoms with Crippen LogP contribution < -0.4 is 5.32 Å². The van der Waals surface area contributed by atoms with E-state index in [0.29, 0.717) is 5.92 Å². The number of rotatable bonds is 4. The third-order valence-corrected chi connectivity index (χ3v) is 2.56. The largest absolute Gasteiger partial charge is 0.376 e. The molecule has 0 spiro atoms. The molecule has 1 N–H and O–H groups in total. The minimum absolute atomic E-state index is 0.572. The van der Waals surface area contributed by atoms with E-state index in [-0.39, 0.29) is 0 Å². The lowest BCUT2D eigenvalue weighted by molar-refractivity contribution is 0.865. The molecule has 2 heteroatoms. The fourth-order valence-corrected chi connectivity index (χ4v) is 1.73. The van der Waals surface area contributed by atoms with Crippen molar-refractivity contribution in [3.8, 4) is 0 Å². The minimum Gasteiger partial charge on any atom is -0.376 e. The van der Waals surface area contributed by atoms with Gasteiger partial charge in [0, 0.05) is 5.70 Å². The van der Waals surface area contributed by atoms with Crippen LogP contribution in [0.1, 0.15) is 30.9 Å². The van der Waals surface area contributed by atoms with Gasteiger partial charge in [0.2, 0.25) is 0 Å². The molecule has 0 saturated carbocycles. The molecule has 0 aliphatic rings. The van der Waals surface area contributed by atoms with Gasteiger partial charge in [0.25, 0.3) is 0 Å². The van der Waals surface area contributed by atoms with Gasteiger partial charge in [-0.3, -0.25) is 0 Å². The molecule has 0 radical (unpaired) electrons. The molecule has 0 unspecified atom stereocenters. The van der Waals surface area contributed by atoms with Gasteiger partial charge in [0.1, 0.15) is 0 Å². The van der Waals surface area contributed by atoms with Gasteiger partial charge >= 0.3 is 0 Å². The lowest BCUT2D eigenvalue weighted by atomic mass is 10.00. The fraction of sp³-hybridized carbons (Fsp3) is 0.333. The predicted molar refractivity (Wildman–Crippen MR) is 71.6 cm³/mol. The topological polar surface area (TPSA) is 12.0 Å². The van der Waals surface area contributed by atoms with Gasteiger partial charge in [0.15, 0.2) is 0 Å². The highest BCUT2D eigenvalue weighted by molar-refractivity contribution is 14.1. The van der Waals surface area contributed by atoms with Gasteiger partial charge in [-0.2, -0.15) is 0 Å². The molecule has 76 valence electrons. The number of halogens is 1. The van der Waals surface area contributed by atoms with Crippen LogP contribution in [0.2, 0.25) is 0 Å². The normalized spacial score (nSPS) is 10.3. The van der Waals surface area contributed by atoms with Crippen molar-refractivity contribution in [3.05, 3.63) is 42.0 Å². The summed E-state index contributed by atoms with van der Waals surface area (Å²) in [5.74, 6) is 0.572. The maximum absolute atomic E-state index is 4.00. The number of nitrogens with one attached hydrogen (secondary N) is 1. The van der Waals surface area contributed by atoms with Crippen molar-refractivity contribution in [2.45, 2.75) is 19.8 Å². The van der Waals surface area contributed by atoms with E-state index in [1.54, 1.807) is 0 Å². The van der Waals surface area contributed by atoms with Crippen molar-refractivity contribution >= 4 is 28.3 Å². The number of hydrogen-bond donors (Lipinski definition) is 1. The Bertz CT molecular complexity index is 318. The van der Waals surface area contributed by atoms with Gasteiger partial charge in [-0.1, -0.05) is 61.2 Å². The van der Waals surface area contributed by atoms with Crippen LogP contribution >= 0.6 is 22.6 Å². The van der Waals surface area contributed by atoms with Crippen LogP contribution in [0.3, 0.4) is 0 Å². The SMILES string of the molecule is C=C(NCI)c1cccc(C(C)C)c1. The summed E-state index contributed by atoms with van der Waals surface area (Å²) >= 11 is 2.28. The predicted octanol–water partition coefficient (Wildman–Crippen LogP) is 3.76. The van der Waals surface area contributed by atoms with E-state index in [1.807, 2.05) is 0 Å². The van der Waals surface area contributed by atoms with E-state index in [1.165, 1.54) is 11.1 Å². The molecule has 0 bridgehead atoms. The molecule has 0 heterocycles. The van der Waals surface area contributed by atoms with Crippen molar-refractivity contribution in [2.75, 3.05) is 4.55 Å². The van der Waals surface area contributed by atoms with Crippen molar-refractivity contribution < 1.29 is 0 Å². The molecular weight excluding hydrogens is 285 g/mol. The molecule has 0 atom stereocenters. The molecule has 0 fully saturated rings. The average molecular weight is 301 g/mol. The van der Waals surface area contributed by atoms with Crippen LogP contribution in [0.5, 0.6) is 0 Å². The van der Waals surface area contributed by atoms with Crippen molar-refractivity contribution in [2.24, 2.45) is 0 Å². The summed E-state index contributed by atoms with van der Waals surface area (Å²) in [5.41, 5.74) is 3.55. The highest BCUT2D eigenvalue weighted by atomic mass is 127. The second-order valence-corrected chi connectivity index (χ2v) is 4.33. The Labute approximate surface area is 99.7 Å². The van der Waals surface area contributed by atoms with Crippen LogP contribution in [-0.4, -0.2) is 4.55 Å². The summed E-state index contributed by atoms with van der Waals surface area (Å²) in [6.45, 7) is 8.40. The molecule has 1 aromatic rings. The summed E-state index contributed by atoms with van der Waals surface area (Å²) in [4.78, 5) is 0. The first-order chi connectivity index (χ1) is 6.65. The van der Waals surface area contributed by atoms with Crippen LogP contribution in [0.15, 0.2) is 30.8 Å². The lowest BCUT2D eigenvalue weighted by Gasteiger charge is -2.10. The van der Waals surface area contributed by atoms with Crippen LogP contribution in [0.25, 0.3) is 5.70 Å². The molecule has 0 aliphatic carbocycles. The number of hydrogen-bond acceptors (Lipinski definition) is 1. The highest BCUT2D eigenvalue weighted by Crippen LogP contribution is 2.18. The fourth-order valence-electron chi connectivity index (χ4n) is 1.27. The second kappa shape index (κ2) is 5.39. The Kier molecular flexibility index (Phi) is 4.45. The number of benzene rings is 1. The summed E-state index contributed by atoms with van der Waals surface area (Å²) in [7, 11) is 0. The molecule has 1 nitrogen and oxygen atoms in total. The van der Waals surface area contributed by atoms with Crippen molar-refractivity contribution in [1.82, 2.24) is 5.32 Å². The monoisotopic (exact) mass is 301 g/mol. The van der Waals surface area contributed by atoms with Crippen LogP contribution in [0.4, 0.5) is 0 Å². The Hall–Kier alpha value is -0.510. The molecule has 0 aromatic heterocycles. The molecule has 14 heavy (non-hydrogen) atoms. The van der Waals surface area contributed by atoms with E-state index in [4.69, 9.17) is 0 Å². The molecule has 1 rings (SSSR count). The minimum atomic E-state index is 0.572. The van der Waals surface area contributed by atoms with Gasteiger partial charge in [-0.15, -0.1) is 0 Å². The zero-order valence-corrected chi connectivity index (χ0v) is 10.8.